The van der Waals surface area contributed by atoms with Crippen LogP contribution in [0.2, 0.25) is 0 Å². The van der Waals surface area contributed by atoms with Crippen LogP contribution in [-0.2, 0) is 6.18 Å². The molecule has 1 aliphatic heterocycles. The van der Waals surface area contributed by atoms with E-state index >= 15 is 0 Å². The Morgan fingerprint density at radius 3 is 2.45 bits per heavy atom. The van der Waals surface area contributed by atoms with Gasteiger partial charge in [0.05, 0.1) is 23.9 Å². The number of nitrogens with two attached hydrogens (primary N) is 1. The summed E-state index contributed by atoms with van der Waals surface area (Å²) < 4.78 is 53.1. The number of benzene rings is 1. The molecule has 2 aromatic rings. The predicted octanol–water partition coefficient (Wildman–Crippen LogP) is 3.71. The molecule has 118 valence electrons. The maximum atomic E-state index is 12.4. The van der Waals surface area contributed by atoms with Crippen LogP contribution >= 0.6 is 0 Å². The second kappa shape index (κ2) is 6.74. The van der Waals surface area contributed by atoms with Gasteiger partial charge in [-0.1, -0.05) is 12.1 Å². The number of fused-ring (bicyclic) bond motifs is 1. The van der Waals surface area contributed by atoms with Gasteiger partial charge in [-0.3, -0.25) is 4.98 Å². The van der Waals surface area contributed by atoms with Gasteiger partial charge in [-0.25, -0.2) is 4.39 Å². The van der Waals surface area contributed by atoms with Crippen molar-refractivity contribution < 1.29 is 22.3 Å². The highest BCUT2D eigenvalue weighted by molar-refractivity contribution is 5.30. The van der Waals surface area contributed by atoms with Crippen LogP contribution in [0.4, 0.5) is 17.6 Å². The average molecular weight is 314 g/mol. The van der Waals surface area contributed by atoms with Gasteiger partial charge in [0.2, 0.25) is 0 Å². The molecule has 0 aliphatic carbocycles. The van der Waals surface area contributed by atoms with Crippen molar-refractivity contribution in [1.82, 2.24) is 4.98 Å². The number of rotatable bonds is 0. The van der Waals surface area contributed by atoms with Crippen molar-refractivity contribution >= 4 is 0 Å². The Hall–Kier alpha value is -2.15. The van der Waals surface area contributed by atoms with Crippen LogP contribution in [0.1, 0.15) is 23.7 Å². The molecule has 1 atom stereocenters. The minimum atomic E-state index is -4.59. The van der Waals surface area contributed by atoms with Gasteiger partial charge in [-0.05, 0) is 24.3 Å². The first-order valence-electron chi connectivity index (χ1n) is 6.54. The molecular formula is C15H14F4N2O. The first-order chi connectivity index (χ1) is 10.4. The Labute approximate surface area is 124 Å². The van der Waals surface area contributed by atoms with E-state index in [0.29, 0.717) is 12.7 Å². The number of hydrogen-bond acceptors (Lipinski definition) is 3. The van der Waals surface area contributed by atoms with Gasteiger partial charge in [-0.15, -0.1) is 0 Å². The van der Waals surface area contributed by atoms with E-state index in [1.807, 2.05) is 12.1 Å². The molecule has 1 unspecified atom stereocenters. The summed E-state index contributed by atoms with van der Waals surface area (Å²) in [5, 5.41) is 0. The van der Waals surface area contributed by atoms with Crippen molar-refractivity contribution in [2.24, 2.45) is 5.73 Å². The lowest BCUT2D eigenvalue weighted by Crippen LogP contribution is -2.21. The van der Waals surface area contributed by atoms with Crippen LogP contribution in [0.3, 0.4) is 0 Å². The molecule has 0 fully saturated rings. The number of alkyl halides is 3. The summed E-state index contributed by atoms with van der Waals surface area (Å²) in [6.07, 6.45) is -1.98. The number of halogens is 4. The molecular weight excluding hydrogens is 300 g/mol. The zero-order chi connectivity index (χ0) is 16.2. The maximum absolute atomic E-state index is 12.4. The van der Waals surface area contributed by atoms with E-state index in [0.717, 1.165) is 30.0 Å². The second-order valence-electron chi connectivity index (χ2n) is 4.61. The highest BCUT2D eigenvalue weighted by Gasteiger charge is 2.33. The topological polar surface area (TPSA) is 48.1 Å². The van der Waals surface area contributed by atoms with E-state index in [4.69, 9.17) is 10.5 Å². The highest BCUT2D eigenvalue weighted by Crippen LogP contribution is 2.30. The van der Waals surface area contributed by atoms with E-state index in [1.54, 1.807) is 6.20 Å². The molecule has 0 bridgehead atoms. The second-order valence-corrected chi connectivity index (χ2v) is 4.61. The minimum Gasteiger partial charge on any atom is -0.492 e. The van der Waals surface area contributed by atoms with Crippen LogP contribution in [0.5, 0.6) is 5.75 Å². The Bertz CT molecular complexity index is 631. The van der Waals surface area contributed by atoms with Gasteiger partial charge < -0.3 is 10.5 Å². The fraction of sp³-hybridized carbons (Fsp3) is 0.267. The molecule has 0 radical (unpaired) electrons. The normalized spacial score (nSPS) is 16.9. The van der Waals surface area contributed by atoms with Crippen molar-refractivity contribution in [1.29, 1.82) is 0 Å². The van der Waals surface area contributed by atoms with E-state index < -0.39 is 17.6 Å². The van der Waals surface area contributed by atoms with Gasteiger partial charge in [0.1, 0.15) is 11.6 Å². The zero-order valence-electron chi connectivity index (χ0n) is 11.5. The lowest BCUT2D eigenvalue weighted by molar-refractivity contribution is -0.140. The molecule has 2 heterocycles. The monoisotopic (exact) mass is 314 g/mol. The third-order valence-electron chi connectivity index (χ3n) is 3.02. The Balaban J connectivity index is 0.000000160. The predicted molar refractivity (Wildman–Crippen MR) is 72.7 cm³/mol. The molecule has 2 N–H and O–H groups in total. The molecule has 1 aromatic carbocycles. The van der Waals surface area contributed by atoms with Crippen molar-refractivity contribution in [2.75, 3.05) is 6.61 Å². The number of nitrogens with zero attached hydrogens (tertiary/aromatic N) is 1. The third-order valence-corrected chi connectivity index (χ3v) is 3.02. The van der Waals surface area contributed by atoms with Crippen molar-refractivity contribution in [3.63, 3.8) is 0 Å². The Morgan fingerprint density at radius 2 is 1.86 bits per heavy atom. The van der Waals surface area contributed by atoms with Crippen LogP contribution in [0.15, 0.2) is 42.6 Å². The van der Waals surface area contributed by atoms with E-state index in [-0.39, 0.29) is 6.04 Å². The fourth-order valence-electron chi connectivity index (χ4n) is 1.93. The van der Waals surface area contributed by atoms with Crippen molar-refractivity contribution in [2.45, 2.75) is 18.6 Å². The quantitative estimate of drug-likeness (QED) is 0.754. The van der Waals surface area contributed by atoms with E-state index in [1.165, 1.54) is 6.07 Å². The van der Waals surface area contributed by atoms with Crippen molar-refractivity contribution in [3.8, 4) is 5.75 Å². The minimum absolute atomic E-state index is 0.0555. The lowest BCUT2D eigenvalue weighted by Gasteiger charge is -2.20. The summed E-state index contributed by atoms with van der Waals surface area (Å²) >= 11 is 0. The maximum Gasteiger partial charge on any atom is 0.419 e. The first-order valence-corrected chi connectivity index (χ1v) is 6.54. The number of ether oxygens (including phenoxy) is 1. The lowest BCUT2D eigenvalue weighted by atomic mass is 10.1. The molecule has 22 heavy (non-hydrogen) atoms. The summed E-state index contributed by atoms with van der Waals surface area (Å²) in [6.45, 7) is 0.708. The smallest absolute Gasteiger partial charge is 0.419 e. The highest BCUT2D eigenvalue weighted by atomic mass is 19.4. The van der Waals surface area contributed by atoms with Crippen LogP contribution < -0.4 is 10.5 Å². The third kappa shape index (κ3) is 3.94. The summed E-state index contributed by atoms with van der Waals surface area (Å²) in [5.74, 6) is -0.397. The van der Waals surface area contributed by atoms with E-state index in [9.17, 15) is 17.6 Å². The molecule has 0 saturated carbocycles. The largest absolute Gasteiger partial charge is 0.492 e. The van der Waals surface area contributed by atoms with Crippen LogP contribution in [0, 0.1) is 5.82 Å². The first kappa shape index (κ1) is 16.2. The van der Waals surface area contributed by atoms with Crippen molar-refractivity contribution in [3.05, 3.63) is 59.7 Å². The Kier molecular flexibility index (Phi) is 4.97. The summed E-state index contributed by atoms with van der Waals surface area (Å²) in [7, 11) is 0. The molecule has 3 nitrogen and oxygen atoms in total. The number of aromatic nitrogens is 1. The molecule has 1 aliphatic rings. The van der Waals surface area contributed by atoms with Crippen LogP contribution in [0.25, 0.3) is 0 Å². The number of pyridine rings is 1. The van der Waals surface area contributed by atoms with Gasteiger partial charge in [0, 0.05) is 12.6 Å². The summed E-state index contributed by atoms with van der Waals surface area (Å²) in [4.78, 5) is 4.15. The van der Waals surface area contributed by atoms with Crippen LogP contribution in [-0.4, -0.2) is 11.6 Å². The standard InChI is InChI=1S/C8H10N2O.C7H4F4/c9-6-3-5-11-7-2-1-4-10-8(6)7;8-6-4-2-1-3-5(6)7(9,10)11/h1-2,4,6H,3,5,9H2;1-4H. The van der Waals surface area contributed by atoms with Gasteiger partial charge >= 0.3 is 6.18 Å². The molecule has 0 spiro atoms. The number of hydrogen-bond donors (Lipinski definition) is 1. The SMILES string of the molecule is Fc1ccccc1C(F)(F)F.NC1CCOc2cccnc21. The molecule has 0 saturated heterocycles. The Morgan fingerprint density at radius 1 is 1.14 bits per heavy atom. The fourth-order valence-corrected chi connectivity index (χ4v) is 1.93. The molecule has 0 amide bonds. The van der Waals surface area contributed by atoms with E-state index in [2.05, 4.69) is 4.98 Å². The summed E-state index contributed by atoms with van der Waals surface area (Å²) in [6, 6.07) is 7.66. The molecule has 1 aromatic heterocycles. The van der Waals surface area contributed by atoms with Gasteiger partial charge in [0.25, 0.3) is 0 Å². The summed E-state index contributed by atoms with van der Waals surface area (Å²) in [5.41, 5.74) is 5.47. The molecule has 7 heteroatoms. The molecule has 3 rings (SSSR count). The van der Waals surface area contributed by atoms with Gasteiger partial charge in [-0.2, -0.15) is 13.2 Å². The van der Waals surface area contributed by atoms with Gasteiger partial charge in [0.15, 0.2) is 0 Å². The average Bonchev–Trinajstić information content (AvgIpc) is 2.48. The zero-order valence-corrected chi connectivity index (χ0v) is 11.5.